The Morgan fingerprint density at radius 2 is 1.68 bits per heavy atom. The lowest BCUT2D eigenvalue weighted by Gasteiger charge is -2.11. The number of terminal acetylenes is 1. The van der Waals surface area contributed by atoms with Crippen LogP contribution in [0.15, 0.2) is 96.6 Å². The Labute approximate surface area is 188 Å². The summed E-state index contributed by atoms with van der Waals surface area (Å²) in [5.74, 6) is 2.71. The lowest BCUT2D eigenvalue weighted by molar-refractivity contribution is 0.734. The summed E-state index contributed by atoms with van der Waals surface area (Å²) in [7, 11) is 0. The van der Waals surface area contributed by atoms with Gasteiger partial charge in [-0.05, 0) is 95.2 Å². The molecule has 0 nitrogen and oxygen atoms in total. The number of rotatable bonds is 9. The fraction of sp³-hybridized carbons (Fsp3) is 0.226. The first-order valence-electron chi connectivity index (χ1n) is 11.2. The van der Waals surface area contributed by atoms with E-state index >= 15 is 0 Å². The van der Waals surface area contributed by atoms with Crippen molar-refractivity contribution in [1.29, 1.82) is 0 Å². The van der Waals surface area contributed by atoms with E-state index in [0.29, 0.717) is 0 Å². The van der Waals surface area contributed by atoms with Gasteiger partial charge in [0.2, 0.25) is 0 Å². The molecule has 0 amide bonds. The fourth-order valence-corrected chi connectivity index (χ4v) is 4.28. The van der Waals surface area contributed by atoms with Crippen molar-refractivity contribution in [3.8, 4) is 12.3 Å². The van der Waals surface area contributed by atoms with Gasteiger partial charge in [-0.1, -0.05) is 86.7 Å². The zero-order valence-corrected chi connectivity index (χ0v) is 18.9. The highest BCUT2D eigenvalue weighted by molar-refractivity contribution is 6.07. The van der Waals surface area contributed by atoms with Crippen LogP contribution in [0.4, 0.5) is 0 Å². The maximum Gasteiger partial charge on any atom is -0.00177 e. The second-order valence-corrected chi connectivity index (χ2v) is 8.02. The molecule has 156 valence electrons. The summed E-state index contributed by atoms with van der Waals surface area (Å²) in [5.41, 5.74) is 10.7. The van der Waals surface area contributed by atoms with Crippen LogP contribution in [0.25, 0.3) is 11.1 Å². The zero-order valence-electron chi connectivity index (χ0n) is 18.9. The predicted molar refractivity (Wildman–Crippen MR) is 137 cm³/mol. The molecule has 0 aromatic heterocycles. The summed E-state index contributed by atoms with van der Waals surface area (Å²) in [4.78, 5) is 0. The maximum absolute atomic E-state index is 5.64. The van der Waals surface area contributed by atoms with Crippen LogP contribution in [0, 0.1) is 12.3 Å². The molecule has 0 N–H and O–H groups in total. The molecule has 0 radical (unpaired) electrons. The second kappa shape index (κ2) is 10.6. The largest absolute Gasteiger partial charge is 0.115 e. The van der Waals surface area contributed by atoms with Crippen LogP contribution < -0.4 is 0 Å². The molecule has 0 bridgehead atoms. The minimum absolute atomic E-state index is 0.886. The lowest BCUT2D eigenvalue weighted by atomic mass is 9.92. The third-order valence-electron chi connectivity index (χ3n) is 5.91. The summed E-state index contributed by atoms with van der Waals surface area (Å²) in [5, 5.41) is 0. The molecule has 3 rings (SSSR count). The fourth-order valence-electron chi connectivity index (χ4n) is 4.28. The van der Waals surface area contributed by atoms with Crippen LogP contribution in [0.2, 0.25) is 0 Å². The van der Waals surface area contributed by atoms with E-state index in [1.165, 1.54) is 40.7 Å². The standard InChI is InChI=1S/C31H32/c1-6-14-27(15-7-2)31-28-21-20-26(19-13-12-18-25-16-10-9-11-17-25)22-29(28)24(5)30(31)23(4)8-3/h1,7,9-11,14-17,20-22H,4-5,8,12-13,18-19H2,2-3H3/b15-7-,27-14+. The molecule has 0 saturated carbocycles. The molecule has 0 atom stereocenters. The van der Waals surface area contributed by atoms with Gasteiger partial charge >= 0.3 is 0 Å². The molecule has 2 aromatic rings. The Morgan fingerprint density at radius 1 is 0.968 bits per heavy atom. The molecular formula is C31H32. The van der Waals surface area contributed by atoms with Crippen LogP contribution in [-0.2, 0) is 12.8 Å². The van der Waals surface area contributed by atoms with Crippen LogP contribution in [-0.4, -0.2) is 0 Å². The van der Waals surface area contributed by atoms with Gasteiger partial charge < -0.3 is 0 Å². The number of fused-ring (bicyclic) bond motifs is 1. The third-order valence-corrected chi connectivity index (χ3v) is 5.91. The van der Waals surface area contributed by atoms with Crippen molar-refractivity contribution < 1.29 is 0 Å². The van der Waals surface area contributed by atoms with Gasteiger partial charge in [-0.2, -0.15) is 0 Å². The lowest BCUT2D eigenvalue weighted by Crippen LogP contribution is -1.93. The Morgan fingerprint density at radius 3 is 2.32 bits per heavy atom. The summed E-state index contributed by atoms with van der Waals surface area (Å²) < 4.78 is 0. The smallest absolute Gasteiger partial charge is 0.00177 e. The first kappa shape index (κ1) is 22.4. The summed E-state index contributed by atoms with van der Waals surface area (Å²) in [6.45, 7) is 12.9. The highest BCUT2D eigenvalue weighted by Crippen LogP contribution is 2.47. The molecule has 31 heavy (non-hydrogen) atoms. The Hall–Kier alpha value is -3.30. The van der Waals surface area contributed by atoms with E-state index in [-0.39, 0.29) is 0 Å². The molecule has 2 aromatic carbocycles. The van der Waals surface area contributed by atoms with Crippen molar-refractivity contribution in [1.82, 2.24) is 0 Å². The zero-order chi connectivity index (χ0) is 22.2. The van der Waals surface area contributed by atoms with Crippen LogP contribution in [0.1, 0.15) is 55.4 Å². The number of unbranched alkanes of at least 4 members (excludes halogenated alkanes) is 1. The van der Waals surface area contributed by atoms with Crippen LogP contribution in [0.5, 0.6) is 0 Å². The molecular weight excluding hydrogens is 372 g/mol. The average Bonchev–Trinajstić information content (AvgIpc) is 3.08. The van der Waals surface area contributed by atoms with Gasteiger partial charge in [0.1, 0.15) is 0 Å². The van der Waals surface area contributed by atoms with E-state index in [2.05, 4.69) is 80.6 Å². The van der Waals surface area contributed by atoms with E-state index in [1.807, 2.05) is 19.1 Å². The highest BCUT2D eigenvalue weighted by Gasteiger charge is 2.27. The van der Waals surface area contributed by atoms with Gasteiger partial charge in [0.05, 0.1) is 0 Å². The number of hydrogen-bond donors (Lipinski definition) is 0. The minimum Gasteiger partial charge on any atom is -0.115 e. The molecule has 0 heteroatoms. The van der Waals surface area contributed by atoms with Gasteiger partial charge in [0.25, 0.3) is 0 Å². The molecule has 1 aliphatic rings. The van der Waals surface area contributed by atoms with Crippen molar-refractivity contribution in [2.75, 3.05) is 0 Å². The SMILES string of the molecule is C#C/C=C(\C=C/C)C1=C(C(=C)CC)C(=C)c2cc(CCCCc3ccccc3)ccc21. The van der Waals surface area contributed by atoms with Gasteiger partial charge in [-0.15, -0.1) is 6.42 Å². The van der Waals surface area contributed by atoms with Crippen LogP contribution >= 0.6 is 0 Å². The summed E-state index contributed by atoms with van der Waals surface area (Å²) in [6.07, 6.45) is 17.1. The van der Waals surface area contributed by atoms with Gasteiger partial charge in [0.15, 0.2) is 0 Å². The summed E-state index contributed by atoms with van der Waals surface area (Å²) in [6, 6.07) is 17.5. The Balaban J connectivity index is 1.84. The first-order chi connectivity index (χ1) is 15.1. The number of aryl methyl sites for hydroxylation is 2. The molecule has 0 heterocycles. The van der Waals surface area contributed by atoms with E-state index in [1.54, 1.807) is 0 Å². The Kier molecular flexibility index (Phi) is 7.69. The number of allylic oxidation sites excluding steroid dienone is 8. The van der Waals surface area contributed by atoms with Gasteiger partial charge in [-0.25, -0.2) is 0 Å². The molecule has 0 fully saturated rings. The minimum atomic E-state index is 0.886. The van der Waals surface area contributed by atoms with E-state index in [9.17, 15) is 0 Å². The average molecular weight is 405 g/mol. The molecule has 0 saturated heterocycles. The summed E-state index contributed by atoms with van der Waals surface area (Å²) >= 11 is 0. The van der Waals surface area contributed by atoms with E-state index in [4.69, 9.17) is 6.42 Å². The van der Waals surface area contributed by atoms with Crippen molar-refractivity contribution in [2.24, 2.45) is 0 Å². The Bertz CT molecular complexity index is 1090. The monoisotopic (exact) mass is 404 g/mol. The molecule has 1 aliphatic carbocycles. The van der Waals surface area contributed by atoms with Gasteiger partial charge in [0, 0.05) is 0 Å². The number of hydrogen-bond acceptors (Lipinski definition) is 0. The predicted octanol–water partition coefficient (Wildman–Crippen LogP) is 8.13. The molecule has 0 aliphatic heterocycles. The molecule has 0 unspecified atom stereocenters. The van der Waals surface area contributed by atoms with Crippen molar-refractivity contribution in [2.45, 2.75) is 46.0 Å². The van der Waals surface area contributed by atoms with Crippen molar-refractivity contribution >= 4 is 11.1 Å². The number of benzene rings is 2. The van der Waals surface area contributed by atoms with Gasteiger partial charge in [-0.3, -0.25) is 0 Å². The van der Waals surface area contributed by atoms with Crippen LogP contribution in [0.3, 0.4) is 0 Å². The van der Waals surface area contributed by atoms with Crippen molar-refractivity contribution in [3.63, 3.8) is 0 Å². The van der Waals surface area contributed by atoms with Crippen molar-refractivity contribution in [3.05, 3.63) is 119 Å². The maximum atomic E-state index is 5.64. The molecule has 0 spiro atoms. The topological polar surface area (TPSA) is 0 Å². The van der Waals surface area contributed by atoms with E-state index < -0.39 is 0 Å². The highest BCUT2D eigenvalue weighted by atomic mass is 14.3. The van der Waals surface area contributed by atoms with E-state index in [0.717, 1.165) is 41.6 Å². The normalized spacial score (nSPS) is 13.6. The second-order valence-electron chi connectivity index (χ2n) is 8.02. The quantitative estimate of drug-likeness (QED) is 0.225. The third kappa shape index (κ3) is 5.07. The first-order valence-corrected chi connectivity index (χ1v) is 11.2.